The average molecular weight is 249 g/mol. The first-order valence-electron chi connectivity index (χ1n) is 6.05. The Morgan fingerprint density at radius 2 is 2.29 bits per heavy atom. The van der Waals surface area contributed by atoms with E-state index in [4.69, 9.17) is 6.42 Å². The van der Waals surface area contributed by atoms with Crippen LogP contribution in [-0.2, 0) is 11.2 Å². The lowest BCUT2D eigenvalue weighted by Gasteiger charge is -2.03. The molecule has 2 nitrogen and oxygen atoms in total. The zero-order chi connectivity index (χ0) is 12.3. The van der Waals surface area contributed by atoms with Gasteiger partial charge in [0, 0.05) is 24.3 Å². The van der Waals surface area contributed by atoms with Gasteiger partial charge in [-0.2, -0.15) is 0 Å². The Balaban J connectivity index is 1.96. The van der Waals surface area contributed by atoms with E-state index in [1.807, 2.05) is 6.07 Å². The van der Waals surface area contributed by atoms with Crippen molar-refractivity contribution >= 4 is 17.2 Å². The first-order chi connectivity index (χ1) is 8.33. The maximum absolute atomic E-state index is 11.5. The largest absolute Gasteiger partial charge is 0.356 e. The SMILES string of the molecule is C#CCCCCNC(=O)CCCc1cccs1. The second kappa shape index (κ2) is 8.83. The second-order valence-electron chi connectivity index (χ2n) is 3.94. The van der Waals surface area contributed by atoms with E-state index in [1.54, 1.807) is 11.3 Å². The summed E-state index contributed by atoms with van der Waals surface area (Å²) in [5.74, 6) is 2.75. The molecule has 0 fully saturated rings. The van der Waals surface area contributed by atoms with Crippen LogP contribution in [-0.4, -0.2) is 12.5 Å². The molecule has 0 saturated carbocycles. The van der Waals surface area contributed by atoms with E-state index >= 15 is 0 Å². The van der Waals surface area contributed by atoms with Crippen LogP contribution in [0.2, 0.25) is 0 Å². The molecular weight excluding hydrogens is 230 g/mol. The molecule has 92 valence electrons. The Kier molecular flexibility index (Phi) is 7.17. The number of terminal acetylenes is 1. The Morgan fingerprint density at radius 3 is 3.00 bits per heavy atom. The highest BCUT2D eigenvalue weighted by Gasteiger charge is 2.01. The molecule has 0 aliphatic heterocycles. The van der Waals surface area contributed by atoms with E-state index < -0.39 is 0 Å². The lowest BCUT2D eigenvalue weighted by atomic mass is 10.2. The number of carbonyl (C=O) groups excluding carboxylic acids is 1. The predicted molar refractivity (Wildman–Crippen MR) is 73.0 cm³/mol. The Bertz CT molecular complexity index is 351. The molecule has 1 N–H and O–H groups in total. The van der Waals surface area contributed by atoms with Gasteiger partial charge in [-0.05, 0) is 37.1 Å². The van der Waals surface area contributed by atoms with Crippen LogP contribution in [0.25, 0.3) is 0 Å². The maximum Gasteiger partial charge on any atom is 0.220 e. The number of carbonyl (C=O) groups is 1. The van der Waals surface area contributed by atoms with Gasteiger partial charge in [0.05, 0.1) is 0 Å². The summed E-state index contributed by atoms with van der Waals surface area (Å²) in [4.78, 5) is 12.8. The smallest absolute Gasteiger partial charge is 0.220 e. The Morgan fingerprint density at radius 1 is 1.41 bits per heavy atom. The van der Waals surface area contributed by atoms with Crippen molar-refractivity contribution in [2.45, 2.75) is 38.5 Å². The summed E-state index contributed by atoms with van der Waals surface area (Å²) < 4.78 is 0. The second-order valence-corrected chi connectivity index (χ2v) is 4.98. The van der Waals surface area contributed by atoms with Crippen molar-refractivity contribution in [2.75, 3.05) is 6.54 Å². The van der Waals surface area contributed by atoms with Crippen LogP contribution in [0, 0.1) is 12.3 Å². The van der Waals surface area contributed by atoms with E-state index in [0.717, 1.165) is 38.6 Å². The summed E-state index contributed by atoms with van der Waals surface area (Å²) in [7, 11) is 0. The van der Waals surface area contributed by atoms with Crippen molar-refractivity contribution in [2.24, 2.45) is 0 Å². The van der Waals surface area contributed by atoms with Crippen molar-refractivity contribution in [3.63, 3.8) is 0 Å². The number of hydrogen-bond acceptors (Lipinski definition) is 2. The normalized spacial score (nSPS) is 9.82. The number of amides is 1. The van der Waals surface area contributed by atoms with Gasteiger partial charge in [-0.1, -0.05) is 6.07 Å². The molecule has 1 aromatic heterocycles. The van der Waals surface area contributed by atoms with Crippen molar-refractivity contribution < 1.29 is 4.79 Å². The summed E-state index contributed by atoms with van der Waals surface area (Å²) in [6.07, 6.45) is 10.5. The van der Waals surface area contributed by atoms with Gasteiger partial charge in [-0.15, -0.1) is 23.7 Å². The summed E-state index contributed by atoms with van der Waals surface area (Å²) in [5, 5.41) is 4.99. The lowest BCUT2D eigenvalue weighted by molar-refractivity contribution is -0.121. The molecule has 0 aliphatic rings. The molecule has 0 radical (unpaired) electrons. The van der Waals surface area contributed by atoms with E-state index in [-0.39, 0.29) is 5.91 Å². The molecule has 0 spiro atoms. The average Bonchev–Trinajstić information content (AvgIpc) is 2.82. The molecule has 1 amide bonds. The molecule has 3 heteroatoms. The number of aryl methyl sites for hydroxylation is 1. The van der Waals surface area contributed by atoms with Gasteiger partial charge in [0.2, 0.25) is 5.91 Å². The topological polar surface area (TPSA) is 29.1 Å². The van der Waals surface area contributed by atoms with Crippen LogP contribution in [0.3, 0.4) is 0 Å². The van der Waals surface area contributed by atoms with Gasteiger partial charge in [0.1, 0.15) is 0 Å². The predicted octanol–water partition coefficient (Wildman–Crippen LogP) is 2.99. The molecule has 1 heterocycles. The number of thiophene rings is 1. The van der Waals surface area contributed by atoms with Crippen LogP contribution in [0.1, 0.15) is 37.0 Å². The standard InChI is InChI=1S/C14H19NOS/c1-2-3-4-5-11-15-14(16)10-6-8-13-9-7-12-17-13/h1,7,9,12H,3-6,8,10-11H2,(H,15,16). The highest BCUT2D eigenvalue weighted by Crippen LogP contribution is 2.11. The van der Waals surface area contributed by atoms with Crippen LogP contribution in [0.15, 0.2) is 17.5 Å². The van der Waals surface area contributed by atoms with Crippen molar-refractivity contribution in [3.8, 4) is 12.3 Å². The molecule has 0 saturated heterocycles. The van der Waals surface area contributed by atoms with Crippen LogP contribution < -0.4 is 5.32 Å². The number of nitrogens with one attached hydrogen (secondary N) is 1. The fraction of sp³-hybridized carbons (Fsp3) is 0.500. The van der Waals surface area contributed by atoms with Gasteiger partial charge in [-0.3, -0.25) is 4.79 Å². The van der Waals surface area contributed by atoms with E-state index in [9.17, 15) is 4.79 Å². The molecule has 0 atom stereocenters. The Hall–Kier alpha value is -1.27. The van der Waals surface area contributed by atoms with E-state index in [2.05, 4.69) is 22.7 Å². The molecule has 1 aromatic rings. The summed E-state index contributed by atoms with van der Waals surface area (Å²) in [6.45, 7) is 0.750. The lowest BCUT2D eigenvalue weighted by Crippen LogP contribution is -2.24. The van der Waals surface area contributed by atoms with Crippen LogP contribution in [0.4, 0.5) is 0 Å². The van der Waals surface area contributed by atoms with Gasteiger partial charge in [0.15, 0.2) is 0 Å². The van der Waals surface area contributed by atoms with Gasteiger partial charge < -0.3 is 5.32 Å². The monoisotopic (exact) mass is 249 g/mol. The highest BCUT2D eigenvalue weighted by atomic mass is 32.1. The molecule has 17 heavy (non-hydrogen) atoms. The first kappa shape index (κ1) is 13.8. The number of rotatable bonds is 8. The van der Waals surface area contributed by atoms with Crippen molar-refractivity contribution in [1.82, 2.24) is 5.32 Å². The van der Waals surface area contributed by atoms with E-state index in [0.29, 0.717) is 6.42 Å². The zero-order valence-electron chi connectivity index (χ0n) is 10.1. The summed E-state index contributed by atoms with van der Waals surface area (Å²) in [5.41, 5.74) is 0. The Labute approximate surface area is 107 Å². The fourth-order valence-electron chi connectivity index (χ4n) is 1.55. The third-order valence-electron chi connectivity index (χ3n) is 2.48. The summed E-state index contributed by atoms with van der Waals surface area (Å²) in [6, 6.07) is 4.16. The molecule has 1 rings (SSSR count). The van der Waals surface area contributed by atoms with Crippen molar-refractivity contribution in [1.29, 1.82) is 0 Å². The molecule has 0 aromatic carbocycles. The minimum Gasteiger partial charge on any atom is -0.356 e. The van der Waals surface area contributed by atoms with Crippen molar-refractivity contribution in [3.05, 3.63) is 22.4 Å². The molecule has 0 bridgehead atoms. The van der Waals surface area contributed by atoms with E-state index in [1.165, 1.54) is 4.88 Å². The number of hydrogen-bond donors (Lipinski definition) is 1. The van der Waals surface area contributed by atoms with Gasteiger partial charge >= 0.3 is 0 Å². The first-order valence-corrected chi connectivity index (χ1v) is 6.93. The third-order valence-corrected chi connectivity index (χ3v) is 3.41. The fourth-order valence-corrected chi connectivity index (χ4v) is 2.30. The summed E-state index contributed by atoms with van der Waals surface area (Å²) >= 11 is 1.75. The van der Waals surface area contributed by atoms with Crippen LogP contribution in [0.5, 0.6) is 0 Å². The highest BCUT2D eigenvalue weighted by molar-refractivity contribution is 7.09. The van der Waals surface area contributed by atoms with Crippen LogP contribution >= 0.6 is 11.3 Å². The van der Waals surface area contributed by atoms with Gasteiger partial charge in [-0.25, -0.2) is 0 Å². The molecule has 0 unspecified atom stereocenters. The van der Waals surface area contributed by atoms with Gasteiger partial charge in [0.25, 0.3) is 0 Å². The molecule has 0 aliphatic carbocycles. The minimum absolute atomic E-state index is 0.155. The molecular formula is C14H19NOS. The minimum atomic E-state index is 0.155. The zero-order valence-corrected chi connectivity index (χ0v) is 10.9. The third kappa shape index (κ3) is 6.80. The number of unbranched alkanes of at least 4 members (excludes halogenated alkanes) is 2. The maximum atomic E-state index is 11.5. The quantitative estimate of drug-likeness (QED) is 0.557.